The van der Waals surface area contributed by atoms with Crippen molar-refractivity contribution in [2.75, 3.05) is 0 Å². The highest BCUT2D eigenvalue weighted by Gasteiger charge is 2.29. The monoisotopic (exact) mass is 232 g/mol. The molecular weight excluding hydrogens is 224 g/mol. The van der Waals surface area contributed by atoms with Crippen LogP contribution in [-0.2, 0) is 4.79 Å². The number of aromatic nitrogens is 2. The van der Waals surface area contributed by atoms with Gasteiger partial charge in [0.15, 0.2) is 5.16 Å². The number of rotatable bonds is 3. The molecule has 0 aromatic carbocycles. The van der Waals surface area contributed by atoms with Crippen molar-refractivity contribution < 1.29 is 9.90 Å². The molecule has 0 aliphatic rings. The fourth-order valence-corrected chi connectivity index (χ4v) is 1.48. The molecule has 14 heavy (non-hydrogen) atoms. The fraction of sp³-hybridized carbons (Fsp3) is 0.375. The molecule has 0 unspecified atom stereocenters. The van der Waals surface area contributed by atoms with Gasteiger partial charge in [-0.1, -0.05) is 23.4 Å². The number of carboxylic acid groups (broad SMARTS) is 1. The molecule has 0 aliphatic carbocycles. The van der Waals surface area contributed by atoms with E-state index in [1.807, 2.05) is 0 Å². The SMILES string of the molecule is CC(C)(Sc1ncc(Cl)cn1)C(=O)O. The van der Waals surface area contributed by atoms with Crippen molar-refractivity contribution in [2.45, 2.75) is 23.8 Å². The van der Waals surface area contributed by atoms with Crippen LogP contribution >= 0.6 is 23.4 Å². The summed E-state index contributed by atoms with van der Waals surface area (Å²) < 4.78 is -0.937. The van der Waals surface area contributed by atoms with E-state index in [2.05, 4.69) is 9.97 Å². The van der Waals surface area contributed by atoms with E-state index in [1.165, 1.54) is 12.4 Å². The largest absolute Gasteiger partial charge is 0.480 e. The Balaban J connectivity index is 2.79. The Morgan fingerprint density at radius 1 is 1.50 bits per heavy atom. The molecule has 6 heteroatoms. The fourth-order valence-electron chi connectivity index (χ4n) is 0.625. The lowest BCUT2D eigenvalue weighted by molar-refractivity contribution is -0.138. The maximum atomic E-state index is 10.8. The van der Waals surface area contributed by atoms with Gasteiger partial charge in [0, 0.05) is 0 Å². The number of aliphatic carboxylic acids is 1. The van der Waals surface area contributed by atoms with E-state index < -0.39 is 10.7 Å². The van der Waals surface area contributed by atoms with Gasteiger partial charge in [-0.05, 0) is 13.8 Å². The molecule has 0 radical (unpaired) electrons. The Morgan fingerprint density at radius 3 is 2.43 bits per heavy atom. The van der Waals surface area contributed by atoms with Crippen molar-refractivity contribution in [3.63, 3.8) is 0 Å². The molecular formula is C8H9ClN2O2S. The minimum absolute atomic E-state index is 0.404. The average Bonchev–Trinajstić information content (AvgIpc) is 2.08. The molecule has 0 aliphatic heterocycles. The minimum Gasteiger partial charge on any atom is -0.480 e. The van der Waals surface area contributed by atoms with Gasteiger partial charge in [0.1, 0.15) is 4.75 Å². The van der Waals surface area contributed by atoms with E-state index >= 15 is 0 Å². The zero-order valence-corrected chi connectivity index (χ0v) is 9.26. The van der Waals surface area contributed by atoms with Gasteiger partial charge in [0.05, 0.1) is 17.4 Å². The molecule has 0 fully saturated rings. The number of hydrogen-bond donors (Lipinski definition) is 1. The Hall–Kier alpha value is -0.810. The summed E-state index contributed by atoms with van der Waals surface area (Å²) in [6.45, 7) is 3.19. The summed E-state index contributed by atoms with van der Waals surface area (Å²) in [4.78, 5) is 18.6. The summed E-state index contributed by atoms with van der Waals surface area (Å²) in [5.74, 6) is -0.902. The van der Waals surface area contributed by atoms with Crippen LogP contribution in [-0.4, -0.2) is 25.8 Å². The maximum absolute atomic E-state index is 10.8. The molecule has 0 atom stereocenters. The van der Waals surface area contributed by atoms with Crippen LogP contribution in [0.4, 0.5) is 0 Å². The van der Waals surface area contributed by atoms with Gasteiger partial charge < -0.3 is 5.11 Å². The Kier molecular flexibility index (Phi) is 3.34. The molecule has 0 saturated heterocycles. The van der Waals surface area contributed by atoms with Gasteiger partial charge >= 0.3 is 5.97 Å². The van der Waals surface area contributed by atoms with E-state index in [1.54, 1.807) is 13.8 Å². The first-order chi connectivity index (χ1) is 6.42. The van der Waals surface area contributed by atoms with Gasteiger partial charge in [0.2, 0.25) is 0 Å². The van der Waals surface area contributed by atoms with Gasteiger partial charge in [-0.25, -0.2) is 9.97 Å². The lowest BCUT2D eigenvalue weighted by atomic mass is 10.2. The summed E-state index contributed by atoms with van der Waals surface area (Å²) >= 11 is 6.68. The third kappa shape index (κ3) is 2.85. The standard InChI is InChI=1S/C8H9ClN2O2S/c1-8(2,6(12)13)14-7-10-3-5(9)4-11-7/h3-4H,1-2H3,(H,12,13). The van der Waals surface area contributed by atoms with Crippen molar-refractivity contribution in [2.24, 2.45) is 0 Å². The highest BCUT2D eigenvalue weighted by Crippen LogP contribution is 2.29. The van der Waals surface area contributed by atoms with Gasteiger partial charge in [-0.15, -0.1) is 0 Å². The van der Waals surface area contributed by atoms with Crippen molar-refractivity contribution >= 4 is 29.3 Å². The van der Waals surface area contributed by atoms with Crippen molar-refractivity contribution in [1.82, 2.24) is 9.97 Å². The Morgan fingerprint density at radius 2 is 2.00 bits per heavy atom. The molecule has 0 saturated carbocycles. The summed E-state index contributed by atoms with van der Waals surface area (Å²) in [5.41, 5.74) is 0. The number of thioether (sulfide) groups is 1. The normalized spacial score (nSPS) is 11.4. The number of carbonyl (C=O) groups is 1. The van der Waals surface area contributed by atoms with Crippen LogP contribution in [0.15, 0.2) is 17.6 Å². The molecule has 0 bridgehead atoms. The molecule has 1 aromatic rings. The van der Waals surface area contributed by atoms with E-state index in [9.17, 15) is 4.79 Å². The van der Waals surface area contributed by atoms with E-state index in [0.29, 0.717) is 10.2 Å². The second-order valence-corrected chi connectivity index (χ2v) is 5.13. The Labute approximate surface area is 90.7 Å². The van der Waals surface area contributed by atoms with Crippen LogP contribution in [0.2, 0.25) is 5.02 Å². The van der Waals surface area contributed by atoms with Crippen molar-refractivity contribution in [3.05, 3.63) is 17.4 Å². The Bertz CT molecular complexity index is 340. The molecule has 1 heterocycles. The smallest absolute Gasteiger partial charge is 0.319 e. The van der Waals surface area contributed by atoms with Gasteiger partial charge in [-0.3, -0.25) is 4.79 Å². The van der Waals surface area contributed by atoms with Crippen LogP contribution in [0, 0.1) is 0 Å². The first-order valence-electron chi connectivity index (χ1n) is 3.82. The number of halogens is 1. The van der Waals surface area contributed by atoms with Crippen molar-refractivity contribution in [3.8, 4) is 0 Å². The maximum Gasteiger partial charge on any atom is 0.319 e. The lowest BCUT2D eigenvalue weighted by Gasteiger charge is -2.16. The van der Waals surface area contributed by atoms with E-state index in [-0.39, 0.29) is 0 Å². The topological polar surface area (TPSA) is 63.1 Å². The van der Waals surface area contributed by atoms with E-state index in [4.69, 9.17) is 16.7 Å². The zero-order valence-electron chi connectivity index (χ0n) is 7.69. The molecule has 4 nitrogen and oxygen atoms in total. The highest BCUT2D eigenvalue weighted by molar-refractivity contribution is 8.01. The molecule has 0 spiro atoms. The zero-order chi connectivity index (χ0) is 10.8. The second-order valence-electron chi connectivity index (χ2n) is 3.10. The minimum atomic E-state index is -0.937. The van der Waals surface area contributed by atoms with Crippen LogP contribution in [0.25, 0.3) is 0 Å². The molecule has 1 aromatic heterocycles. The highest BCUT2D eigenvalue weighted by atomic mass is 35.5. The lowest BCUT2D eigenvalue weighted by Crippen LogP contribution is -2.27. The van der Waals surface area contributed by atoms with Gasteiger partial charge in [-0.2, -0.15) is 0 Å². The third-order valence-electron chi connectivity index (χ3n) is 1.46. The predicted molar refractivity (Wildman–Crippen MR) is 54.6 cm³/mol. The molecule has 0 amide bonds. The van der Waals surface area contributed by atoms with Crippen LogP contribution in [0.5, 0.6) is 0 Å². The summed E-state index contributed by atoms with van der Waals surface area (Å²) in [7, 11) is 0. The molecule has 1 N–H and O–H groups in total. The quantitative estimate of drug-likeness (QED) is 0.639. The second kappa shape index (κ2) is 4.14. The first-order valence-corrected chi connectivity index (χ1v) is 5.01. The summed E-state index contributed by atoms with van der Waals surface area (Å²) in [6, 6.07) is 0. The first kappa shape index (κ1) is 11.3. The number of hydrogen-bond acceptors (Lipinski definition) is 4. The van der Waals surface area contributed by atoms with Crippen LogP contribution < -0.4 is 0 Å². The third-order valence-corrected chi connectivity index (χ3v) is 2.73. The number of nitrogens with zero attached hydrogens (tertiary/aromatic N) is 2. The summed E-state index contributed by atoms with van der Waals surface area (Å²) in [5, 5.41) is 9.69. The van der Waals surface area contributed by atoms with Gasteiger partial charge in [0.25, 0.3) is 0 Å². The predicted octanol–water partition coefficient (Wildman–Crippen LogP) is 2.09. The number of carboxylic acids is 1. The molecule has 1 rings (SSSR count). The van der Waals surface area contributed by atoms with Crippen LogP contribution in [0.1, 0.15) is 13.8 Å². The summed E-state index contributed by atoms with van der Waals surface area (Å²) in [6.07, 6.45) is 2.88. The van der Waals surface area contributed by atoms with Crippen molar-refractivity contribution in [1.29, 1.82) is 0 Å². The molecule has 76 valence electrons. The van der Waals surface area contributed by atoms with Crippen LogP contribution in [0.3, 0.4) is 0 Å². The van der Waals surface area contributed by atoms with E-state index in [0.717, 1.165) is 11.8 Å². The average molecular weight is 233 g/mol.